The molecule has 0 aliphatic heterocycles. The summed E-state index contributed by atoms with van der Waals surface area (Å²) in [7, 11) is 0. The number of hydrogen-bond donors (Lipinski definition) is 0. The van der Waals surface area contributed by atoms with Crippen molar-refractivity contribution in [3.05, 3.63) is 0 Å². The Hall–Kier alpha value is 6.97. The van der Waals surface area contributed by atoms with E-state index in [-0.39, 0.29) is 231 Å². The summed E-state index contributed by atoms with van der Waals surface area (Å²) in [5.41, 5.74) is 0. The molecule has 0 amide bonds. The summed E-state index contributed by atoms with van der Waals surface area (Å²) in [5.74, 6) is 0. The molecule has 5 valence electrons. The van der Waals surface area contributed by atoms with Gasteiger partial charge in [-0.15, -0.1) is 0 Å². The fourth-order valence-corrected chi connectivity index (χ4v) is 0. The minimum atomic E-state index is 0. The van der Waals surface area contributed by atoms with Crippen molar-refractivity contribution in [3.8, 4) is 0 Å². The van der Waals surface area contributed by atoms with Crippen LogP contribution in [0.2, 0.25) is 0 Å². The molecule has 0 nitrogen and oxygen atoms in total. The van der Waals surface area contributed by atoms with Gasteiger partial charge in [0.15, 0.2) is 0 Å². The third-order valence-electron chi connectivity index (χ3n) is 0. The second kappa shape index (κ2) is 16.5. The zero-order valence-corrected chi connectivity index (χ0v) is 24.8. The summed E-state index contributed by atoms with van der Waals surface area (Å²) in [6, 6.07) is 0. The predicted octanol–water partition coefficient (Wildman–Crippen LogP) is -9.37. The van der Waals surface area contributed by atoms with E-state index in [9.17, 15) is 0 Å². The molecule has 0 fully saturated rings. The SMILES string of the molecule is [Cs+].[Cs+].[Cs+].[Sb]. The third kappa shape index (κ3) is 11.7. The van der Waals surface area contributed by atoms with Gasteiger partial charge < -0.3 is 0 Å². The maximum Gasteiger partial charge on any atom is 1.00 e. The molecular weight excluding hydrogens is 520 g/mol. The zero-order valence-electron chi connectivity index (χ0n) is 3.45. The first kappa shape index (κ1) is 22.4. The van der Waals surface area contributed by atoms with Crippen molar-refractivity contribution >= 4 is 24.4 Å². The average molecular weight is 520 g/mol. The van der Waals surface area contributed by atoms with Gasteiger partial charge in [0.25, 0.3) is 0 Å². The predicted molar refractivity (Wildman–Crippen MR) is 5.75 cm³/mol. The summed E-state index contributed by atoms with van der Waals surface area (Å²) < 4.78 is 0. The molecule has 0 aromatic heterocycles. The van der Waals surface area contributed by atoms with Gasteiger partial charge in [0.2, 0.25) is 0 Å². The normalized spacial score (nSPS) is 0. The summed E-state index contributed by atoms with van der Waals surface area (Å²) in [5, 5.41) is 0. The van der Waals surface area contributed by atoms with Crippen molar-refractivity contribution in [2.45, 2.75) is 0 Å². The van der Waals surface area contributed by atoms with Gasteiger partial charge in [-0.1, -0.05) is 0 Å². The van der Waals surface area contributed by atoms with Crippen molar-refractivity contribution < 1.29 is 207 Å². The van der Waals surface area contributed by atoms with E-state index >= 15 is 0 Å². The molecule has 0 rings (SSSR count). The molecule has 0 saturated carbocycles. The van der Waals surface area contributed by atoms with Crippen LogP contribution in [0.5, 0.6) is 0 Å². The van der Waals surface area contributed by atoms with Gasteiger partial charge in [-0.3, -0.25) is 0 Å². The van der Waals surface area contributed by atoms with E-state index in [0.29, 0.717) is 0 Å². The Kier molecular flexibility index (Phi) is 92.7. The first-order chi connectivity index (χ1) is 0. The average Bonchev–Trinajstić information content (AvgIpc) is 0. The summed E-state index contributed by atoms with van der Waals surface area (Å²) >= 11 is 0. The van der Waals surface area contributed by atoms with Crippen molar-refractivity contribution in [3.63, 3.8) is 0 Å². The minimum absolute atomic E-state index is 0. The van der Waals surface area contributed by atoms with E-state index in [0.717, 1.165) is 0 Å². The molecule has 3 radical (unpaired) electrons. The third-order valence-corrected chi connectivity index (χ3v) is 0. The zero-order chi connectivity index (χ0) is 0. The molecule has 0 N–H and O–H groups in total. The quantitative estimate of drug-likeness (QED) is 0.279. The van der Waals surface area contributed by atoms with Crippen LogP contribution in [-0.4, -0.2) is 24.4 Å². The van der Waals surface area contributed by atoms with Gasteiger partial charge in [0.1, 0.15) is 0 Å². The molecule has 4 heteroatoms. The van der Waals surface area contributed by atoms with Crippen LogP contribution in [-0.2, 0) is 0 Å². The Bertz CT molecular complexity index is 3.25. The van der Waals surface area contributed by atoms with Crippen molar-refractivity contribution in [1.29, 1.82) is 0 Å². The van der Waals surface area contributed by atoms with Gasteiger partial charge >= 0.3 is 207 Å². The summed E-state index contributed by atoms with van der Waals surface area (Å²) in [6.07, 6.45) is 0. The van der Waals surface area contributed by atoms with Crippen molar-refractivity contribution in [2.24, 2.45) is 0 Å². The Morgan fingerprint density at radius 2 is 0.500 bits per heavy atom. The molecule has 0 aromatic carbocycles. The fraction of sp³-hybridized carbons (Fsp3) is 0. The van der Waals surface area contributed by atoms with Crippen LogP contribution in [0.4, 0.5) is 0 Å². The first-order valence-corrected chi connectivity index (χ1v) is 0. The molecule has 0 saturated heterocycles. The number of hydrogen-bond acceptors (Lipinski definition) is 0. The van der Waals surface area contributed by atoms with Crippen molar-refractivity contribution in [2.75, 3.05) is 0 Å². The molecule has 4 heavy (non-hydrogen) atoms. The van der Waals surface area contributed by atoms with Crippen LogP contribution in [0.1, 0.15) is 0 Å². The van der Waals surface area contributed by atoms with Crippen LogP contribution in [0.25, 0.3) is 0 Å². The van der Waals surface area contributed by atoms with E-state index < -0.39 is 0 Å². The smallest absolute Gasteiger partial charge is 0 e. The molecule has 0 bridgehead atoms. The van der Waals surface area contributed by atoms with Crippen LogP contribution in [0, 0.1) is 0 Å². The fourth-order valence-electron chi connectivity index (χ4n) is 0. The van der Waals surface area contributed by atoms with Crippen LogP contribution in [0.3, 0.4) is 0 Å². The summed E-state index contributed by atoms with van der Waals surface area (Å²) in [6.45, 7) is 0. The van der Waals surface area contributed by atoms with Crippen LogP contribution in [0.15, 0.2) is 0 Å². The molecule has 0 spiro atoms. The topological polar surface area (TPSA) is 0 Å². The molecule has 0 unspecified atom stereocenters. The largest absolute Gasteiger partial charge is 1.00 e. The van der Waals surface area contributed by atoms with Crippen LogP contribution >= 0.6 is 0 Å². The molecule has 0 aromatic rings. The van der Waals surface area contributed by atoms with E-state index in [2.05, 4.69) is 0 Å². The molecule has 0 aliphatic carbocycles. The minimum Gasteiger partial charge on any atom is 0 e. The first-order valence-electron chi connectivity index (χ1n) is 0. The van der Waals surface area contributed by atoms with Crippen LogP contribution < -0.4 is 207 Å². The van der Waals surface area contributed by atoms with Gasteiger partial charge in [-0.25, -0.2) is 0 Å². The molecule has 0 heterocycles. The Labute approximate surface area is 221 Å². The summed E-state index contributed by atoms with van der Waals surface area (Å²) in [4.78, 5) is 0. The van der Waals surface area contributed by atoms with E-state index in [1.807, 2.05) is 0 Å². The number of rotatable bonds is 0. The van der Waals surface area contributed by atoms with E-state index in [1.54, 1.807) is 0 Å². The Morgan fingerprint density at radius 1 is 0.500 bits per heavy atom. The van der Waals surface area contributed by atoms with Crippen molar-refractivity contribution in [1.82, 2.24) is 0 Å². The second-order valence-corrected chi connectivity index (χ2v) is 0. The monoisotopic (exact) mass is 520 g/mol. The Balaban J connectivity index is 0. The standard InChI is InChI=1S/3Cs.Sb/q3*+1;. The second-order valence-electron chi connectivity index (χ2n) is 0. The van der Waals surface area contributed by atoms with Gasteiger partial charge in [0, 0.05) is 24.4 Å². The maximum atomic E-state index is 0. The maximum absolute atomic E-state index is 0. The van der Waals surface area contributed by atoms with E-state index in [4.69, 9.17) is 0 Å². The molecule has 0 atom stereocenters. The van der Waals surface area contributed by atoms with E-state index in [1.165, 1.54) is 0 Å². The van der Waals surface area contributed by atoms with Gasteiger partial charge in [-0.2, -0.15) is 0 Å². The molecular formula is Cs3Sb+3. The van der Waals surface area contributed by atoms with Gasteiger partial charge in [-0.05, 0) is 0 Å². The molecule has 0 aliphatic rings. The van der Waals surface area contributed by atoms with Gasteiger partial charge in [0.05, 0.1) is 0 Å². The Morgan fingerprint density at radius 3 is 0.500 bits per heavy atom.